The molecule has 0 aromatic rings. The third kappa shape index (κ3) is 4.20. The molecule has 0 fully saturated rings. The highest BCUT2D eigenvalue weighted by molar-refractivity contribution is 4.82. The van der Waals surface area contributed by atoms with Gasteiger partial charge in [0.15, 0.2) is 0 Å². The van der Waals surface area contributed by atoms with Crippen LogP contribution in [0.15, 0.2) is 12.2 Å². The van der Waals surface area contributed by atoms with Crippen molar-refractivity contribution in [2.24, 2.45) is 5.92 Å². The zero-order chi connectivity index (χ0) is 8.69. The molecule has 0 aromatic carbocycles. The predicted molar refractivity (Wildman–Crippen MR) is 49.5 cm³/mol. The normalized spacial score (nSPS) is 14.6. The summed E-state index contributed by atoms with van der Waals surface area (Å²) < 4.78 is 0. The lowest BCUT2D eigenvalue weighted by atomic mass is 9.94. The first-order chi connectivity index (χ1) is 5.26. The van der Waals surface area contributed by atoms with Crippen molar-refractivity contribution in [2.45, 2.75) is 46.1 Å². The molecule has 0 aliphatic heterocycles. The van der Waals surface area contributed by atoms with Gasteiger partial charge < -0.3 is 5.11 Å². The van der Waals surface area contributed by atoms with Gasteiger partial charge in [-0.25, -0.2) is 0 Å². The van der Waals surface area contributed by atoms with Gasteiger partial charge in [0, 0.05) is 0 Å². The molecule has 1 heteroatoms. The quantitative estimate of drug-likeness (QED) is 0.607. The van der Waals surface area contributed by atoms with Gasteiger partial charge in [-0.3, -0.25) is 0 Å². The fourth-order valence-corrected chi connectivity index (χ4v) is 1.30. The molecule has 1 N–H and O–H groups in total. The molecule has 0 aliphatic rings. The maximum atomic E-state index is 9.59. The van der Waals surface area contributed by atoms with Crippen LogP contribution in [0.25, 0.3) is 0 Å². The number of hydrogen-bond acceptors (Lipinski definition) is 1. The molecule has 0 heterocycles. The number of aliphatic hydroxyl groups is 1. The van der Waals surface area contributed by atoms with E-state index in [2.05, 4.69) is 13.8 Å². The van der Waals surface area contributed by atoms with E-state index >= 15 is 0 Å². The molecule has 1 nitrogen and oxygen atoms in total. The summed E-state index contributed by atoms with van der Waals surface area (Å²) in [7, 11) is 0. The lowest BCUT2D eigenvalue weighted by Gasteiger charge is -2.17. The first kappa shape index (κ1) is 10.7. The zero-order valence-corrected chi connectivity index (χ0v) is 7.88. The summed E-state index contributed by atoms with van der Waals surface area (Å²) in [6.07, 6.45) is 6.85. The van der Waals surface area contributed by atoms with E-state index in [0.29, 0.717) is 5.92 Å². The Bertz CT molecular complexity index is 103. The molecule has 0 aromatic heterocycles. The van der Waals surface area contributed by atoms with Crippen molar-refractivity contribution >= 4 is 0 Å². The monoisotopic (exact) mass is 156 g/mol. The van der Waals surface area contributed by atoms with Crippen molar-refractivity contribution in [3.8, 4) is 0 Å². The molecule has 0 saturated carbocycles. The number of aliphatic hydroxyl groups excluding tert-OH is 1. The fourth-order valence-electron chi connectivity index (χ4n) is 1.30. The molecule has 0 aliphatic carbocycles. The van der Waals surface area contributed by atoms with Gasteiger partial charge in [0.05, 0.1) is 6.10 Å². The Hall–Kier alpha value is -0.300. The van der Waals surface area contributed by atoms with Crippen molar-refractivity contribution in [3.05, 3.63) is 12.2 Å². The third-order valence-electron chi connectivity index (χ3n) is 2.21. The second-order valence-electron chi connectivity index (χ2n) is 2.95. The largest absolute Gasteiger partial charge is 0.393 e. The summed E-state index contributed by atoms with van der Waals surface area (Å²) >= 11 is 0. The minimum Gasteiger partial charge on any atom is -0.393 e. The van der Waals surface area contributed by atoms with Crippen LogP contribution in [0.1, 0.15) is 40.0 Å². The molecular formula is C10H20O. The Balaban J connectivity index is 3.68. The maximum absolute atomic E-state index is 9.59. The van der Waals surface area contributed by atoms with Crippen LogP contribution in [0.4, 0.5) is 0 Å². The summed E-state index contributed by atoms with van der Waals surface area (Å²) in [5, 5.41) is 9.59. The standard InChI is InChI=1S/C10H20O/c1-4-7-8-10(11)9(5-2)6-3/h4,7,9-11H,5-6,8H2,1-3H3/b7-4+/t10-/m1/s1. The van der Waals surface area contributed by atoms with Gasteiger partial charge in [0.2, 0.25) is 0 Å². The van der Waals surface area contributed by atoms with Crippen LogP contribution in [-0.2, 0) is 0 Å². The summed E-state index contributed by atoms with van der Waals surface area (Å²) in [6, 6.07) is 0. The maximum Gasteiger partial charge on any atom is 0.0602 e. The van der Waals surface area contributed by atoms with Crippen LogP contribution in [0.2, 0.25) is 0 Å². The van der Waals surface area contributed by atoms with Crippen LogP contribution < -0.4 is 0 Å². The highest BCUT2D eigenvalue weighted by Gasteiger charge is 2.12. The highest BCUT2D eigenvalue weighted by atomic mass is 16.3. The van der Waals surface area contributed by atoms with Gasteiger partial charge in [0.25, 0.3) is 0 Å². The van der Waals surface area contributed by atoms with Crippen molar-refractivity contribution in [2.75, 3.05) is 0 Å². The highest BCUT2D eigenvalue weighted by Crippen LogP contribution is 2.15. The minimum atomic E-state index is -0.138. The van der Waals surface area contributed by atoms with Crippen LogP contribution in [0, 0.1) is 5.92 Å². The average Bonchev–Trinajstić information content (AvgIpc) is 2.03. The second kappa shape index (κ2) is 6.41. The summed E-state index contributed by atoms with van der Waals surface area (Å²) in [5.74, 6) is 0.478. The smallest absolute Gasteiger partial charge is 0.0602 e. The molecule has 0 radical (unpaired) electrons. The molecule has 0 rings (SSSR count). The molecule has 1 atom stereocenters. The van der Waals surface area contributed by atoms with Gasteiger partial charge >= 0.3 is 0 Å². The number of allylic oxidation sites excluding steroid dienone is 1. The molecule has 0 spiro atoms. The first-order valence-electron chi connectivity index (χ1n) is 4.55. The van der Waals surface area contributed by atoms with E-state index in [9.17, 15) is 5.11 Å². The topological polar surface area (TPSA) is 20.2 Å². The summed E-state index contributed by atoms with van der Waals surface area (Å²) in [5.41, 5.74) is 0. The molecule has 66 valence electrons. The number of hydrogen-bond donors (Lipinski definition) is 1. The van der Waals surface area contributed by atoms with Crippen LogP contribution in [0.5, 0.6) is 0 Å². The van der Waals surface area contributed by atoms with E-state index in [1.807, 2.05) is 19.1 Å². The zero-order valence-electron chi connectivity index (χ0n) is 7.88. The van der Waals surface area contributed by atoms with Crippen molar-refractivity contribution in [1.82, 2.24) is 0 Å². The predicted octanol–water partition coefficient (Wildman–Crippen LogP) is 2.75. The minimum absolute atomic E-state index is 0.138. The molecule has 0 unspecified atom stereocenters. The summed E-state index contributed by atoms with van der Waals surface area (Å²) in [4.78, 5) is 0. The lowest BCUT2D eigenvalue weighted by Crippen LogP contribution is -2.17. The Labute approximate surface area is 70.1 Å². The van der Waals surface area contributed by atoms with Gasteiger partial charge in [0.1, 0.15) is 0 Å². The van der Waals surface area contributed by atoms with E-state index in [1.54, 1.807) is 0 Å². The van der Waals surface area contributed by atoms with Gasteiger partial charge in [-0.05, 0) is 19.3 Å². The van der Waals surface area contributed by atoms with Gasteiger partial charge in [-0.1, -0.05) is 38.8 Å². The molecule has 0 saturated heterocycles. The third-order valence-corrected chi connectivity index (χ3v) is 2.21. The summed E-state index contributed by atoms with van der Waals surface area (Å²) in [6.45, 7) is 6.25. The van der Waals surface area contributed by atoms with Crippen molar-refractivity contribution in [3.63, 3.8) is 0 Å². The molecular weight excluding hydrogens is 136 g/mol. The lowest BCUT2D eigenvalue weighted by molar-refractivity contribution is 0.105. The van der Waals surface area contributed by atoms with E-state index < -0.39 is 0 Å². The van der Waals surface area contributed by atoms with Crippen LogP contribution in [-0.4, -0.2) is 11.2 Å². The molecule has 0 bridgehead atoms. The molecule has 0 amide bonds. The second-order valence-corrected chi connectivity index (χ2v) is 2.95. The SMILES string of the molecule is C/C=C/C[C@@H](O)C(CC)CC. The Morgan fingerprint density at radius 1 is 1.27 bits per heavy atom. The fraction of sp³-hybridized carbons (Fsp3) is 0.800. The Morgan fingerprint density at radius 2 is 1.82 bits per heavy atom. The van der Waals surface area contributed by atoms with Gasteiger partial charge in [-0.2, -0.15) is 0 Å². The van der Waals surface area contributed by atoms with E-state index in [-0.39, 0.29) is 6.10 Å². The Kier molecular flexibility index (Phi) is 6.24. The van der Waals surface area contributed by atoms with Gasteiger partial charge in [-0.15, -0.1) is 0 Å². The van der Waals surface area contributed by atoms with Crippen LogP contribution >= 0.6 is 0 Å². The van der Waals surface area contributed by atoms with Crippen molar-refractivity contribution in [1.29, 1.82) is 0 Å². The molecule has 11 heavy (non-hydrogen) atoms. The number of rotatable bonds is 5. The van der Waals surface area contributed by atoms with E-state index in [0.717, 1.165) is 19.3 Å². The average molecular weight is 156 g/mol. The Morgan fingerprint density at radius 3 is 2.18 bits per heavy atom. The van der Waals surface area contributed by atoms with Crippen LogP contribution in [0.3, 0.4) is 0 Å². The van der Waals surface area contributed by atoms with Crippen molar-refractivity contribution < 1.29 is 5.11 Å². The van der Waals surface area contributed by atoms with E-state index in [1.165, 1.54) is 0 Å². The van der Waals surface area contributed by atoms with E-state index in [4.69, 9.17) is 0 Å². The first-order valence-corrected chi connectivity index (χ1v) is 4.55.